The van der Waals surface area contributed by atoms with Crippen LogP contribution in [-0.2, 0) is 11.3 Å². The maximum atomic E-state index is 12.2. The Morgan fingerprint density at radius 3 is 2.57 bits per heavy atom. The van der Waals surface area contributed by atoms with Gasteiger partial charge in [0.1, 0.15) is 0 Å². The van der Waals surface area contributed by atoms with Crippen LogP contribution in [0.4, 0.5) is 0 Å². The number of nitrogens with one attached hydrogen (secondary N) is 1. The van der Waals surface area contributed by atoms with Crippen LogP contribution in [-0.4, -0.2) is 16.1 Å². The number of carbonyl (C=O) groups is 1. The van der Waals surface area contributed by atoms with Crippen LogP contribution >= 0.6 is 11.6 Å². The Morgan fingerprint density at radius 2 is 1.87 bits per heavy atom. The van der Waals surface area contributed by atoms with Gasteiger partial charge < -0.3 is 9.73 Å². The first kappa shape index (κ1) is 14.7. The fraction of sp³-hybridized carbons (Fsp3) is 0.471. The molecule has 6 heteroatoms. The molecule has 0 unspecified atom stereocenters. The van der Waals surface area contributed by atoms with Gasteiger partial charge in [-0.2, -0.15) is 0 Å². The van der Waals surface area contributed by atoms with Crippen LogP contribution in [0.15, 0.2) is 28.7 Å². The van der Waals surface area contributed by atoms with Crippen LogP contribution in [0.3, 0.4) is 0 Å². The smallest absolute Gasteiger partial charge is 0.247 e. The molecule has 2 aliphatic carbocycles. The Kier molecular flexibility index (Phi) is 3.81. The van der Waals surface area contributed by atoms with E-state index in [-0.39, 0.29) is 18.4 Å². The molecule has 0 saturated heterocycles. The van der Waals surface area contributed by atoms with E-state index in [1.54, 1.807) is 12.1 Å². The van der Waals surface area contributed by atoms with Crippen molar-refractivity contribution in [2.24, 2.45) is 17.8 Å². The molecule has 1 aromatic carbocycles. The average Bonchev–Trinajstić information content (AvgIpc) is 3.12. The zero-order valence-electron chi connectivity index (χ0n) is 12.7. The highest BCUT2D eigenvalue weighted by Gasteiger charge is 2.54. The fourth-order valence-corrected chi connectivity index (χ4v) is 3.82. The van der Waals surface area contributed by atoms with Crippen molar-refractivity contribution >= 4 is 17.5 Å². The molecule has 2 aromatic rings. The van der Waals surface area contributed by atoms with Crippen LogP contribution in [0.2, 0.25) is 5.02 Å². The molecule has 1 N–H and O–H groups in total. The number of hydrogen-bond acceptors (Lipinski definition) is 4. The second-order valence-electron chi connectivity index (χ2n) is 6.36. The van der Waals surface area contributed by atoms with E-state index in [0.717, 1.165) is 5.56 Å². The molecule has 2 fully saturated rings. The number of carbonyl (C=O) groups excluding carboxylic acids is 1. The number of nitrogens with zero attached hydrogens (tertiary/aromatic N) is 2. The predicted octanol–water partition coefficient (Wildman–Crippen LogP) is 3.44. The van der Waals surface area contributed by atoms with Crippen molar-refractivity contribution < 1.29 is 9.21 Å². The number of amides is 1. The summed E-state index contributed by atoms with van der Waals surface area (Å²) < 4.78 is 5.60. The summed E-state index contributed by atoms with van der Waals surface area (Å²) in [4.78, 5) is 12.2. The molecule has 2 atom stereocenters. The number of hydrogen-bond donors (Lipinski definition) is 1. The van der Waals surface area contributed by atoms with Gasteiger partial charge in [0.25, 0.3) is 0 Å². The molecule has 120 valence electrons. The normalized spacial score (nSPS) is 25.7. The molecule has 1 amide bonds. The van der Waals surface area contributed by atoms with Gasteiger partial charge in [0.2, 0.25) is 17.7 Å². The second-order valence-corrected chi connectivity index (χ2v) is 6.80. The van der Waals surface area contributed by atoms with Crippen molar-refractivity contribution in [2.45, 2.75) is 32.2 Å². The summed E-state index contributed by atoms with van der Waals surface area (Å²) in [6, 6.07) is 7.20. The zero-order chi connectivity index (χ0) is 15.8. The summed E-state index contributed by atoms with van der Waals surface area (Å²) in [7, 11) is 0. The minimum Gasteiger partial charge on any atom is -0.419 e. The van der Waals surface area contributed by atoms with E-state index >= 15 is 0 Å². The first-order valence-corrected chi connectivity index (χ1v) is 8.46. The number of rotatable bonds is 4. The Hall–Kier alpha value is -1.88. The van der Waals surface area contributed by atoms with Crippen molar-refractivity contribution in [1.29, 1.82) is 0 Å². The Labute approximate surface area is 139 Å². The molecular weight excluding hydrogens is 314 g/mol. The maximum Gasteiger partial charge on any atom is 0.247 e. The molecule has 0 spiro atoms. The van der Waals surface area contributed by atoms with Gasteiger partial charge in [-0.15, -0.1) is 10.2 Å². The standard InChI is InChI=1S/C17H18ClN3O2/c18-11-7-5-10(6-8-11)17-21-20-14(23-17)9-19-16(22)15-12-3-1-2-4-13(12)15/h5-8,12-13,15H,1-4,9H2,(H,19,22)/t12-,13-/m1/s1. The molecule has 1 aromatic heterocycles. The van der Waals surface area contributed by atoms with E-state index in [9.17, 15) is 4.79 Å². The van der Waals surface area contributed by atoms with Crippen LogP contribution in [0.1, 0.15) is 31.6 Å². The van der Waals surface area contributed by atoms with Gasteiger partial charge in [-0.25, -0.2) is 0 Å². The van der Waals surface area contributed by atoms with E-state index in [0.29, 0.717) is 28.6 Å². The molecule has 0 bridgehead atoms. The highest BCUT2D eigenvalue weighted by molar-refractivity contribution is 6.30. The highest BCUT2D eigenvalue weighted by atomic mass is 35.5. The van der Waals surface area contributed by atoms with Crippen molar-refractivity contribution in [3.05, 3.63) is 35.2 Å². The Bertz CT molecular complexity index is 701. The first-order chi connectivity index (χ1) is 11.2. The zero-order valence-corrected chi connectivity index (χ0v) is 13.4. The third-order valence-electron chi connectivity index (χ3n) is 4.93. The van der Waals surface area contributed by atoms with E-state index < -0.39 is 0 Å². The average molecular weight is 332 g/mol. The minimum atomic E-state index is 0.133. The molecule has 1 heterocycles. The number of fused-ring (bicyclic) bond motifs is 1. The van der Waals surface area contributed by atoms with Crippen LogP contribution in [0, 0.1) is 17.8 Å². The van der Waals surface area contributed by atoms with Crippen molar-refractivity contribution in [2.75, 3.05) is 0 Å². The SMILES string of the molecule is O=C(NCc1nnc(-c2ccc(Cl)cc2)o1)C1[C@@H]2CCCC[C@@H]12. The molecule has 2 aliphatic rings. The van der Waals surface area contributed by atoms with Crippen LogP contribution in [0.5, 0.6) is 0 Å². The van der Waals surface area contributed by atoms with Crippen LogP contribution < -0.4 is 5.32 Å². The third kappa shape index (κ3) is 2.98. The molecule has 23 heavy (non-hydrogen) atoms. The topological polar surface area (TPSA) is 68.0 Å². The van der Waals surface area contributed by atoms with E-state index in [2.05, 4.69) is 15.5 Å². The Balaban J connectivity index is 1.35. The summed E-state index contributed by atoms with van der Waals surface area (Å²) >= 11 is 5.86. The molecule has 5 nitrogen and oxygen atoms in total. The predicted molar refractivity (Wildman–Crippen MR) is 85.5 cm³/mol. The van der Waals surface area contributed by atoms with Gasteiger partial charge >= 0.3 is 0 Å². The molecule has 4 rings (SSSR count). The number of benzene rings is 1. The van der Waals surface area contributed by atoms with Crippen molar-refractivity contribution in [3.8, 4) is 11.5 Å². The monoisotopic (exact) mass is 331 g/mol. The molecule has 0 radical (unpaired) electrons. The molecular formula is C17H18ClN3O2. The number of aromatic nitrogens is 2. The summed E-state index contributed by atoms with van der Waals surface area (Å²) in [6.07, 6.45) is 4.92. The summed E-state index contributed by atoms with van der Waals surface area (Å²) in [5, 5.41) is 11.6. The third-order valence-corrected chi connectivity index (χ3v) is 5.18. The van der Waals surface area contributed by atoms with Gasteiger partial charge in [-0.1, -0.05) is 24.4 Å². The second kappa shape index (κ2) is 5.96. The minimum absolute atomic E-state index is 0.133. The maximum absolute atomic E-state index is 12.2. The quantitative estimate of drug-likeness (QED) is 0.931. The molecule has 2 saturated carbocycles. The van der Waals surface area contributed by atoms with E-state index in [4.69, 9.17) is 16.0 Å². The van der Waals surface area contributed by atoms with Gasteiger partial charge in [0, 0.05) is 16.5 Å². The van der Waals surface area contributed by atoms with Crippen LogP contribution in [0.25, 0.3) is 11.5 Å². The largest absolute Gasteiger partial charge is 0.419 e. The summed E-state index contributed by atoms with van der Waals surface area (Å²) in [5.41, 5.74) is 0.813. The summed E-state index contributed by atoms with van der Waals surface area (Å²) in [5.74, 6) is 2.41. The lowest BCUT2D eigenvalue weighted by molar-refractivity contribution is -0.123. The lowest BCUT2D eigenvalue weighted by Gasteiger charge is -2.04. The number of halogens is 1. The van der Waals surface area contributed by atoms with E-state index in [1.165, 1.54) is 25.7 Å². The summed E-state index contributed by atoms with van der Waals surface area (Å²) in [6.45, 7) is 0.287. The van der Waals surface area contributed by atoms with Gasteiger partial charge in [0.15, 0.2) is 0 Å². The van der Waals surface area contributed by atoms with Crippen molar-refractivity contribution in [1.82, 2.24) is 15.5 Å². The molecule has 0 aliphatic heterocycles. The van der Waals surface area contributed by atoms with Crippen molar-refractivity contribution in [3.63, 3.8) is 0 Å². The van der Waals surface area contributed by atoms with Gasteiger partial charge in [0.05, 0.1) is 6.54 Å². The van der Waals surface area contributed by atoms with E-state index in [1.807, 2.05) is 12.1 Å². The highest BCUT2D eigenvalue weighted by Crippen LogP contribution is 2.55. The van der Waals surface area contributed by atoms with Gasteiger partial charge in [-0.05, 0) is 48.9 Å². The van der Waals surface area contributed by atoms with Gasteiger partial charge in [-0.3, -0.25) is 4.79 Å². The Morgan fingerprint density at radius 1 is 1.17 bits per heavy atom. The fourth-order valence-electron chi connectivity index (χ4n) is 3.70. The first-order valence-electron chi connectivity index (χ1n) is 8.08. The lowest BCUT2D eigenvalue weighted by Crippen LogP contribution is -2.25. The lowest BCUT2D eigenvalue weighted by atomic mass is 10.0.